The van der Waals surface area contributed by atoms with Crippen LogP contribution in [0.3, 0.4) is 0 Å². The van der Waals surface area contributed by atoms with Crippen molar-refractivity contribution in [3.63, 3.8) is 0 Å². The summed E-state index contributed by atoms with van der Waals surface area (Å²) in [5.74, 6) is -0.294. The van der Waals surface area contributed by atoms with Gasteiger partial charge in [0.25, 0.3) is 0 Å². The molecule has 0 aliphatic rings. The van der Waals surface area contributed by atoms with Crippen LogP contribution in [0.4, 0.5) is 0 Å². The van der Waals surface area contributed by atoms with Crippen LogP contribution >= 0.6 is 0 Å². The van der Waals surface area contributed by atoms with Gasteiger partial charge in [0, 0.05) is 38.9 Å². The van der Waals surface area contributed by atoms with Crippen LogP contribution < -0.4 is 0 Å². The lowest BCUT2D eigenvalue weighted by atomic mass is 10.4. The van der Waals surface area contributed by atoms with Crippen molar-refractivity contribution in [2.24, 2.45) is 0 Å². The third kappa shape index (κ3) is 11.9. The van der Waals surface area contributed by atoms with Crippen LogP contribution in [0.15, 0.2) is 12.2 Å². The lowest BCUT2D eigenvalue weighted by molar-refractivity contribution is -0.137. The van der Waals surface area contributed by atoms with Gasteiger partial charge in [0.2, 0.25) is 0 Å². The normalized spacial score (nSPS) is 11.4. The summed E-state index contributed by atoms with van der Waals surface area (Å²) >= 11 is 0. The first kappa shape index (κ1) is 18.1. The maximum atomic E-state index is 11.2. The number of ether oxygens (including phenoxy) is 3. The summed E-state index contributed by atoms with van der Waals surface area (Å²) in [6, 6.07) is 0. The minimum Gasteiger partial charge on any atom is -0.463 e. The van der Waals surface area contributed by atoms with Gasteiger partial charge in [-0.3, -0.25) is 4.90 Å². The van der Waals surface area contributed by atoms with E-state index in [1.54, 1.807) is 6.92 Å². The maximum Gasteiger partial charge on any atom is 0.330 e. The van der Waals surface area contributed by atoms with Crippen LogP contribution in [0.5, 0.6) is 0 Å². The Kier molecular flexibility index (Phi) is 12.9. The van der Waals surface area contributed by atoms with Crippen LogP contribution in [0.25, 0.3) is 0 Å². The third-order valence-electron chi connectivity index (χ3n) is 2.42. The van der Waals surface area contributed by atoms with Gasteiger partial charge in [0.1, 0.15) is 0 Å². The van der Waals surface area contributed by atoms with Gasteiger partial charge < -0.3 is 14.2 Å². The van der Waals surface area contributed by atoms with Crippen LogP contribution in [0.1, 0.15) is 20.8 Å². The molecule has 5 heteroatoms. The summed E-state index contributed by atoms with van der Waals surface area (Å²) in [4.78, 5) is 13.3. The first-order chi connectivity index (χ1) is 9.24. The van der Waals surface area contributed by atoms with Crippen molar-refractivity contribution in [3.8, 4) is 0 Å². The lowest BCUT2D eigenvalue weighted by Crippen LogP contribution is -2.31. The van der Waals surface area contributed by atoms with Crippen molar-refractivity contribution in [1.82, 2.24) is 4.90 Å². The second kappa shape index (κ2) is 13.5. The molecule has 0 atom stereocenters. The standard InChI is InChI=1S/C14H27NO4/c1-4-17-12-10-15(11-13-18-5-2)9-7-8-14(16)19-6-3/h7-8H,4-6,9-13H2,1-3H3/b8-7+. The van der Waals surface area contributed by atoms with Crippen molar-refractivity contribution < 1.29 is 19.0 Å². The van der Waals surface area contributed by atoms with E-state index in [4.69, 9.17) is 14.2 Å². The fourth-order valence-electron chi connectivity index (χ4n) is 1.46. The molecule has 0 N–H and O–H groups in total. The van der Waals surface area contributed by atoms with Crippen molar-refractivity contribution in [2.75, 3.05) is 52.7 Å². The highest BCUT2D eigenvalue weighted by Crippen LogP contribution is 1.92. The minimum absolute atomic E-state index is 0.294. The average Bonchev–Trinajstić information content (AvgIpc) is 2.39. The second-order valence-corrected chi connectivity index (χ2v) is 3.85. The zero-order valence-electron chi connectivity index (χ0n) is 12.4. The van der Waals surface area contributed by atoms with Gasteiger partial charge in [-0.15, -0.1) is 0 Å². The van der Waals surface area contributed by atoms with Gasteiger partial charge >= 0.3 is 5.97 Å². The molecule has 0 unspecified atom stereocenters. The average molecular weight is 273 g/mol. The predicted molar refractivity (Wildman–Crippen MR) is 75.2 cm³/mol. The highest BCUT2D eigenvalue weighted by molar-refractivity contribution is 5.81. The largest absolute Gasteiger partial charge is 0.463 e. The van der Waals surface area contributed by atoms with E-state index in [0.29, 0.717) is 26.4 Å². The minimum atomic E-state index is -0.294. The number of carbonyl (C=O) groups is 1. The molecule has 0 spiro atoms. The number of hydrogen-bond acceptors (Lipinski definition) is 5. The molecule has 0 amide bonds. The van der Waals surface area contributed by atoms with E-state index in [2.05, 4.69) is 4.90 Å². The van der Waals surface area contributed by atoms with E-state index in [9.17, 15) is 4.79 Å². The molecular weight excluding hydrogens is 246 g/mol. The quantitative estimate of drug-likeness (QED) is 0.306. The maximum absolute atomic E-state index is 11.2. The van der Waals surface area contributed by atoms with E-state index in [0.717, 1.165) is 26.3 Å². The number of hydrogen-bond donors (Lipinski definition) is 0. The van der Waals surface area contributed by atoms with Gasteiger partial charge in [-0.1, -0.05) is 6.08 Å². The number of nitrogens with zero attached hydrogens (tertiary/aromatic N) is 1. The van der Waals surface area contributed by atoms with Crippen LogP contribution in [0, 0.1) is 0 Å². The highest BCUT2D eigenvalue weighted by atomic mass is 16.5. The second-order valence-electron chi connectivity index (χ2n) is 3.85. The Morgan fingerprint density at radius 2 is 1.58 bits per heavy atom. The number of esters is 1. The van der Waals surface area contributed by atoms with Gasteiger partial charge in [0.15, 0.2) is 0 Å². The Labute approximate surface area is 116 Å². The summed E-state index contributed by atoms with van der Waals surface area (Å²) in [5.41, 5.74) is 0. The molecule has 0 aromatic carbocycles. The first-order valence-corrected chi connectivity index (χ1v) is 6.95. The topological polar surface area (TPSA) is 48.0 Å². The molecule has 0 bridgehead atoms. The Bertz CT molecular complexity index is 234. The van der Waals surface area contributed by atoms with Gasteiger partial charge in [-0.2, -0.15) is 0 Å². The zero-order chi connectivity index (χ0) is 14.3. The molecule has 0 saturated heterocycles. The van der Waals surface area contributed by atoms with Crippen molar-refractivity contribution in [3.05, 3.63) is 12.2 Å². The van der Waals surface area contributed by atoms with Crippen LogP contribution in [0.2, 0.25) is 0 Å². The predicted octanol–water partition coefficient (Wildman–Crippen LogP) is 1.48. The molecule has 0 aromatic heterocycles. The molecule has 112 valence electrons. The van der Waals surface area contributed by atoms with E-state index in [-0.39, 0.29) is 5.97 Å². The van der Waals surface area contributed by atoms with Gasteiger partial charge in [-0.05, 0) is 20.8 Å². The summed E-state index contributed by atoms with van der Waals surface area (Å²) in [6.07, 6.45) is 3.29. The third-order valence-corrected chi connectivity index (χ3v) is 2.42. The Hall–Kier alpha value is -0.910. The van der Waals surface area contributed by atoms with Crippen LogP contribution in [-0.4, -0.2) is 63.5 Å². The summed E-state index contributed by atoms with van der Waals surface area (Å²) in [6.45, 7) is 11.3. The smallest absolute Gasteiger partial charge is 0.330 e. The van der Waals surface area contributed by atoms with E-state index < -0.39 is 0 Å². The Balaban J connectivity index is 3.97. The number of rotatable bonds is 12. The summed E-state index contributed by atoms with van der Waals surface area (Å²) in [5, 5.41) is 0. The molecule has 0 radical (unpaired) electrons. The monoisotopic (exact) mass is 273 g/mol. The molecular formula is C14H27NO4. The lowest BCUT2D eigenvalue weighted by Gasteiger charge is -2.20. The Morgan fingerprint density at radius 1 is 1.00 bits per heavy atom. The number of carbonyl (C=O) groups excluding carboxylic acids is 1. The molecule has 5 nitrogen and oxygen atoms in total. The summed E-state index contributed by atoms with van der Waals surface area (Å²) in [7, 11) is 0. The van der Waals surface area contributed by atoms with Crippen molar-refractivity contribution in [1.29, 1.82) is 0 Å². The zero-order valence-corrected chi connectivity index (χ0v) is 12.4. The highest BCUT2D eigenvalue weighted by Gasteiger charge is 2.03. The SMILES string of the molecule is CCOCCN(C/C=C/C(=O)OCC)CCOCC. The van der Waals surface area contributed by atoms with E-state index >= 15 is 0 Å². The molecule has 19 heavy (non-hydrogen) atoms. The van der Waals surface area contributed by atoms with Crippen molar-refractivity contribution in [2.45, 2.75) is 20.8 Å². The molecule has 0 rings (SSSR count). The fraction of sp³-hybridized carbons (Fsp3) is 0.786. The van der Waals surface area contributed by atoms with Crippen molar-refractivity contribution >= 4 is 5.97 Å². The molecule has 0 aliphatic carbocycles. The molecule has 0 aromatic rings. The molecule has 0 fully saturated rings. The fourth-order valence-corrected chi connectivity index (χ4v) is 1.46. The van der Waals surface area contributed by atoms with Gasteiger partial charge in [-0.25, -0.2) is 4.79 Å². The Morgan fingerprint density at radius 3 is 2.05 bits per heavy atom. The van der Waals surface area contributed by atoms with Crippen LogP contribution in [-0.2, 0) is 19.0 Å². The molecule has 0 heterocycles. The first-order valence-electron chi connectivity index (χ1n) is 6.95. The summed E-state index contributed by atoms with van der Waals surface area (Å²) < 4.78 is 15.5. The van der Waals surface area contributed by atoms with E-state index in [1.807, 2.05) is 19.9 Å². The van der Waals surface area contributed by atoms with Gasteiger partial charge in [0.05, 0.1) is 19.8 Å². The van der Waals surface area contributed by atoms with E-state index in [1.165, 1.54) is 6.08 Å². The molecule has 0 aliphatic heterocycles. The molecule has 0 saturated carbocycles.